The van der Waals surface area contributed by atoms with E-state index in [1.807, 2.05) is 13.8 Å². The molecule has 0 unspecified atom stereocenters. The van der Waals surface area contributed by atoms with E-state index < -0.39 is 5.60 Å². The minimum Gasteiger partial charge on any atom is -0.390 e. The summed E-state index contributed by atoms with van der Waals surface area (Å²) in [5.74, 6) is 1.09. The molecule has 0 spiro atoms. The maximum Gasteiger partial charge on any atom is 0.0622 e. The van der Waals surface area contributed by atoms with E-state index in [4.69, 9.17) is 0 Å². The van der Waals surface area contributed by atoms with E-state index in [-0.39, 0.29) is 0 Å². The summed E-state index contributed by atoms with van der Waals surface area (Å²) in [4.78, 5) is 0. The molecule has 1 nitrogen and oxygen atoms in total. The van der Waals surface area contributed by atoms with Crippen LogP contribution in [0.15, 0.2) is 23.3 Å². The fourth-order valence-corrected chi connectivity index (χ4v) is 4.55. The van der Waals surface area contributed by atoms with E-state index in [1.165, 1.54) is 56.1 Å². The van der Waals surface area contributed by atoms with Crippen molar-refractivity contribution in [1.29, 1.82) is 0 Å². The van der Waals surface area contributed by atoms with Crippen LogP contribution in [0.5, 0.6) is 0 Å². The van der Waals surface area contributed by atoms with Gasteiger partial charge in [0.05, 0.1) is 5.60 Å². The van der Waals surface area contributed by atoms with Crippen molar-refractivity contribution in [2.45, 2.75) is 85.2 Å². The van der Waals surface area contributed by atoms with Crippen molar-refractivity contribution >= 4 is 0 Å². The number of rotatable bonds is 1. The van der Waals surface area contributed by atoms with Crippen LogP contribution in [0.4, 0.5) is 0 Å². The highest BCUT2D eigenvalue weighted by Crippen LogP contribution is 2.55. The van der Waals surface area contributed by atoms with Gasteiger partial charge in [0, 0.05) is 0 Å². The van der Waals surface area contributed by atoms with Gasteiger partial charge >= 0.3 is 0 Å². The number of allylic oxidation sites excluding steroid dienone is 4. The SMILES string of the molecule is C/C1=C\C[C@@]2(C)CC[C@@H](C(C)(C)O)[C@@H]2CC/C(C)=C/CC1. The Bertz CT molecular complexity index is 424. The van der Waals surface area contributed by atoms with E-state index in [0.29, 0.717) is 17.3 Å². The van der Waals surface area contributed by atoms with Crippen molar-refractivity contribution in [2.75, 3.05) is 0 Å². The molecule has 2 rings (SSSR count). The predicted molar refractivity (Wildman–Crippen MR) is 91.2 cm³/mol. The molecule has 1 saturated carbocycles. The molecule has 0 aromatic heterocycles. The van der Waals surface area contributed by atoms with E-state index in [1.54, 1.807) is 0 Å². The first-order valence-corrected chi connectivity index (χ1v) is 8.76. The van der Waals surface area contributed by atoms with Crippen molar-refractivity contribution in [2.24, 2.45) is 17.3 Å². The third-order valence-corrected chi connectivity index (χ3v) is 6.11. The molecule has 0 radical (unpaired) electrons. The Morgan fingerprint density at radius 2 is 1.76 bits per heavy atom. The molecule has 0 amide bonds. The maximum atomic E-state index is 10.6. The zero-order valence-corrected chi connectivity index (χ0v) is 14.7. The third kappa shape index (κ3) is 4.00. The van der Waals surface area contributed by atoms with Crippen molar-refractivity contribution in [3.63, 3.8) is 0 Å². The average molecular weight is 290 g/mol. The molecule has 0 bridgehead atoms. The van der Waals surface area contributed by atoms with E-state index >= 15 is 0 Å². The third-order valence-electron chi connectivity index (χ3n) is 6.11. The normalized spacial score (nSPS) is 40.5. The lowest BCUT2D eigenvalue weighted by Gasteiger charge is -2.38. The lowest BCUT2D eigenvalue weighted by atomic mass is 9.69. The standard InChI is InChI=1S/C20H34O/c1-15-7-6-8-16(2)11-13-20(5)14-12-17(19(3,4)21)18(20)10-9-15/h7,11,17-18,21H,6,8-10,12-14H2,1-5H3/b15-7+,16-11+/t17-,18+,20+/m1/s1. The summed E-state index contributed by atoms with van der Waals surface area (Å²) >= 11 is 0. The first-order chi connectivity index (χ1) is 9.72. The molecule has 2 aliphatic rings. The summed E-state index contributed by atoms with van der Waals surface area (Å²) in [6.45, 7) is 11.0. The van der Waals surface area contributed by atoms with Crippen LogP contribution in [0.2, 0.25) is 0 Å². The van der Waals surface area contributed by atoms with Gasteiger partial charge in [0.15, 0.2) is 0 Å². The van der Waals surface area contributed by atoms with Crippen molar-refractivity contribution in [1.82, 2.24) is 0 Å². The van der Waals surface area contributed by atoms with Gasteiger partial charge in [0.1, 0.15) is 0 Å². The van der Waals surface area contributed by atoms with Gasteiger partial charge in [0.25, 0.3) is 0 Å². The van der Waals surface area contributed by atoms with Crippen molar-refractivity contribution in [3.8, 4) is 0 Å². The molecule has 0 aromatic rings. The van der Waals surface area contributed by atoms with Gasteiger partial charge in [-0.2, -0.15) is 0 Å². The lowest BCUT2D eigenvalue weighted by Crippen LogP contribution is -2.37. The fraction of sp³-hybridized carbons (Fsp3) is 0.800. The summed E-state index contributed by atoms with van der Waals surface area (Å²) in [6.07, 6.45) is 13.4. The lowest BCUT2D eigenvalue weighted by molar-refractivity contribution is -0.0162. The second-order valence-corrected chi connectivity index (χ2v) is 8.44. The molecule has 120 valence electrons. The number of hydrogen-bond donors (Lipinski definition) is 1. The van der Waals surface area contributed by atoms with Crippen LogP contribution in [0, 0.1) is 17.3 Å². The second kappa shape index (κ2) is 6.28. The Kier molecular flexibility index (Phi) is 5.03. The molecule has 1 N–H and O–H groups in total. The number of fused-ring (bicyclic) bond motifs is 1. The molecular formula is C20H34O. The molecule has 1 heteroatoms. The average Bonchev–Trinajstić information content (AvgIpc) is 2.70. The molecule has 0 aliphatic heterocycles. The number of hydrogen-bond acceptors (Lipinski definition) is 1. The molecule has 2 aliphatic carbocycles. The highest BCUT2D eigenvalue weighted by Gasteiger charge is 2.48. The zero-order valence-electron chi connectivity index (χ0n) is 14.7. The summed E-state index contributed by atoms with van der Waals surface area (Å²) in [7, 11) is 0. The predicted octanol–water partition coefficient (Wildman–Crippen LogP) is 5.65. The van der Waals surface area contributed by atoms with Crippen LogP contribution in [-0.4, -0.2) is 10.7 Å². The first-order valence-electron chi connectivity index (χ1n) is 8.76. The highest BCUT2D eigenvalue weighted by atomic mass is 16.3. The zero-order chi connectivity index (χ0) is 15.7. The van der Waals surface area contributed by atoms with Crippen LogP contribution in [0.25, 0.3) is 0 Å². The maximum absolute atomic E-state index is 10.6. The Hall–Kier alpha value is -0.560. The Morgan fingerprint density at radius 3 is 2.43 bits per heavy atom. The monoisotopic (exact) mass is 290 g/mol. The second-order valence-electron chi connectivity index (χ2n) is 8.44. The van der Waals surface area contributed by atoms with Crippen molar-refractivity contribution in [3.05, 3.63) is 23.3 Å². The van der Waals surface area contributed by atoms with Gasteiger partial charge in [-0.25, -0.2) is 0 Å². The molecule has 1 fully saturated rings. The van der Waals surface area contributed by atoms with Gasteiger partial charge in [-0.05, 0) is 89.9 Å². The molecule has 21 heavy (non-hydrogen) atoms. The summed E-state index contributed by atoms with van der Waals surface area (Å²) < 4.78 is 0. The summed E-state index contributed by atoms with van der Waals surface area (Å²) in [6, 6.07) is 0. The first kappa shape index (κ1) is 16.8. The molecule has 0 heterocycles. The van der Waals surface area contributed by atoms with Gasteiger partial charge in [0.2, 0.25) is 0 Å². The highest BCUT2D eigenvalue weighted by molar-refractivity contribution is 5.10. The van der Waals surface area contributed by atoms with Gasteiger partial charge < -0.3 is 5.11 Å². The molecule has 3 atom stereocenters. The topological polar surface area (TPSA) is 20.2 Å². The van der Waals surface area contributed by atoms with E-state index in [9.17, 15) is 5.11 Å². The minimum absolute atomic E-state index is 0.372. The summed E-state index contributed by atoms with van der Waals surface area (Å²) in [5.41, 5.74) is 2.90. The van der Waals surface area contributed by atoms with Crippen LogP contribution in [0.3, 0.4) is 0 Å². The largest absolute Gasteiger partial charge is 0.390 e. The quantitative estimate of drug-likeness (QED) is 0.619. The van der Waals surface area contributed by atoms with E-state index in [0.717, 1.165) is 0 Å². The molecular weight excluding hydrogens is 256 g/mol. The van der Waals surface area contributed by atoms with Gasteiger partial charge in [-0.15, -0.1) is 0 Å². The summed E-state index contributed by atoms with van der Waals surface area (Å²) in [5, 5.41) is 10.6. The van der Waals surface area contributed by atoms with Gasteiger partial charge in [-0.1, -0.05) is 30.2 Å². The Labute approximate surface area is 131 Å². The molecule has 0 saturated heterocycles. The smallest absolute Gasteiger partial charge is 0.0622 e. The number of aliphatic hydroxyl groups is 1. The van der Waals surface area contributed by atoms with Gasteiger partial charge in [-0.3, -0.25) is 0 Å². The Balaban J connectivity index is 2.28. The van der Waals surface area contributed by atoms with Crippen LogP contribution >= 0.6 is 0 Å². The Morgan fingerprint density at radius 1 is 1.10 bits per heavy atom. The minimum atomic E-state index is -0.543. The van der Waals surface area contributed by atoms with Crippen LogP contribution in [-0.2, 0) is 0 Å². The van der Waals surface area contributed by atoms with Crippen molar-refractivity contribution < 1.29 is 5.11 Å². The fourth-order valence-electron chi connectivity index (χ4n) is 4.55. The van der Waals surface area contributed by atoms with E-state index in [2.05, 4.69) is 32.9 Å². The molecule has 0 aromatic carbocycles. The van der Waals surface area contributed by atoms with Crippen LogP contribution in [0.1, 0.15) is 79.6 Å². The van der Waals surface area contributed by atoms with Crippen LogP contribution < -0.4 is 0 Å².